The van der Waals surface area contributed by atoms with Crippen LogP contribution in [0.5, 0.6) is 0 Å². The highest BCUT2D eigenvalue weighted by Gasteiger charge is 2.38. The molecule has 1 saturated heterocycles. The number of hydrogen-bond donors (Lipinski definition) is 1. The van der Waals surface area contributed by atoms with E-state index < -0.39 is 27.8 Å². The van der Waals surface area contributed by atoms with Crippen LogP contribution in [0.1, 0.15) is 33.7 Å². The van der Waals surface area contributed by atoms with E-state index in [0.29, 0.717) is 35.1 Å². The Morgan fingerprint density at radius 2 is 1.83 bits per heavy atom. The van der Waals surface area contributed by atoms with E-state index in [0.717, 1.165) is 23.5 Å². The fourth-order valence-corrected chi connectivity index (χ4v) is 5.93. The summed E-state index contributed by atoms with van der Waals surface area (Å²) in [5.41, 5.74) is 0.558. The highest BCUT2D eigenvalue weighted by atomic mass is 35.5. The number of nitrogens with one attached hydrogen (secondary N) is 1. The smallest absolute Gasteiger partial charge is 0.286 e. The molecule has 30 heavy (non-hydrogen) atoms. The van der Waals surface area contributed by atoms with Crippen LogP contribution in [0.3, 0.4) is 0 Å². The minimum absolute atomic E-state index is 0.0148. The number of anilines is 1. The van der Waals surface area contributed by atoms with Gasteiger partial charge in [0.1, 0.15) is 10.8 Å². The van der Waals surface area contributed by atoms with Gasteiger partial charge in [-0.25, -0.2) is 12.8 Å². The number of nitrogens with zero attached hydrogens (tertiary/aromatic N) is 3. The van der Waals surface area contributed by atoms with Gasteiger partial charge in [0.25, 0.3) is 5.91 Å². The molecule has 1 fully saturated rings. The molecule has 1 aliphatic rings. The number of hydrogen-bond acceptors (Lipinski definition) is 6. The summed E-state index contributed by atoms with van der Waals surface area (Å²) in [5.74, 6) is -0.945. The monoisotopic (exact) mass is 466 g/mol. The first-order chi connectivity index (χ1) is 14.3. The molecule has 1 amide bonds. The van der Waals surface area contributed by atoms with Gasteiger partial charge in [-0.2, -0.15) is 4.31 Å². The van der Waals surface area contributed by atoms with E-state index in [9.17, 15) is 17.6 Å². The molecule has 1 N–H and O–H groups in total. The SMILES string of the molecule is O=C(Nc1ccc(Cl)cc1)c1nnc([C@H]2CCCN2S(=O)(=O)c2ccc(F)cc2)s1. The number of carbonyl (C=O) groups is 1. The van der Waals surface area contributed by atoms with E-state index in [4.69, 9.17) is 11.6 Å². The predicted molar refractivity (Wildman–Crippen MR) is 112 cm³/mol. The van der Waals surface area contributed by atoms with Crippen LogP contribution in [-0.4, -0.2) is 35.4 Å². The van der Waals surface area contributed by atoms with Crippen LogP contribution in [0.15, 0.2) is 53.4 Å². The zero-order valence-electron chi connectivity index (χ0n) is 15.5. The van der Waals surface area contributed by atoms with Crippen LogP contribution in [-0.2, 0) is 10.0 Å². The Morgan fingerprint density at radius 3 is 2.53 bits per heavy atom. The molecule has 0 spiro atoms. The summed E-state index contributed by atoms with van der Waals surface area (Å²) in [6.07, 6.45) is 1.21. The summed E-state index contributed by atoms with van der Waals surface area (Å²) < 4.78 is 40.5. The van der Waals surface area contributed by atoms with Crippen molar-refractivity contribution in [2.75, 3.05) is 11.9 Å². The lowest BCUT2D eigenvalue weighted by atomic mass is 10.2. The van der Waals surface area contributed by atoms with E-state index in [1.54, 1.807) is 24.3 Å². The quantitative estimate of drug-likeness (QED) is 0.611. The van der Waals surface area contributed by atoms with Gasteiger partial charge in [-0.15, -0.1) is 10.2 Å². The van der Waals surface area contributed by atoms with Crippen molar-refractivity contribution in [3.8, 4) is 0 Å². The number of rotatable bonds is 5. The molecule has 0 radical (unpaired) electrons. The van der Waals surface area contributed by atoms with Crippen molar-refractivity contribution in [1.82, 2.24) is 14.5 Å². The molecule has 4 rings (SSSR count). The summed E-state index contributed by atoms with van der Waals surface area (Å²) in [4.78, 5) is 12.5. The molecular weight excluding hydrogens is 451 g/mol. The van der Waals surface area contributed by atoms with Crippen molar-refractivity contribution in [1.29, 1.82) is 0 Å². The zero-order chi connectivity index (χ0) is 21.3. The third kappa shape index (κ3) is 4.22. The third-order valence-corrected chi connectivity index (χ3v) is 7.84. The number of aromatic nitrogens is 2. The predicted octanol–water partition coefficient (Wildman–Crippen LogP) is 4.11. The minimum atomic E-state index is -3.82. The van der Waals surface area contributed by atoms with Gasteiger partial charge in [0.2, 0.25) is 15.0 Å². The lowest BCUT2D eigenvalue weighted by Gasteiger charge is -2.22. The lowest BCUT2D eigenvalue weighted by Crippen LogP contribution is -2.30. The van der Waals surface area contributed by atoms with Gasteiger partial charge in [-0.05, 0) is 61.4 Å². The largest absolute Gasteiger partial charge is 0.320 e. The number of benzene rings is 2. The van der Waals surface area contributed by atoms with E-state index >= 15 is 0 Å². The Morgan fingerprint density at radius 1 is 1.13 bits per heavy atom. The fraction of sp³-hybridized carbons (Fsp3) is 0.211. The second-order valence-electron chi connectivity index (χ2n) is 6.63. The topological polar surface area (TPSA) is 92.3 Å². The van der Waals surface area contributed by atoms with Gasteiger partial charge >= 0.3 is 0 Å². The summed E-state index contributed by atoms with van der Waals surface area (Å²) in [6.45, 7) is 0.316. The van der Waals surface area contributed by atoms with Crippen LogP contribution in [0, 0.1) is 5.82 Å². The van der Waals surface area contributed by atoms with Gasteiger partial charge < -0.3 is 5.32 Å². The van der Waals surface area contributed by atoms with Crippen LogP contribution in [0.4, 0.5) is 10.1 Å². The van der Waals surface area contributed by atoms with Crippen LogP contribution in [0.2, 0.25) is 5.02 Å². The van der Waals surface area contributed by atoms with E-state index in [1.807, 2.05) is 0 Å². The summed E-state index contributed by atoms with van der Waals surface area (Å²) >= 11 is 6.89. The van der Waals surface area contributed by atoms with Crippen molar-refractivity contribution >= 4 is 44.6 Å². The van der Waals surface area contributed by atoms with Crippen molar-refractivity contribution in [2.24, 2.45) is 0 Å². The maximum atomic E-state index is 13.2. The summed E-state index contributed by atoms with van der Waals surface area (Å²) in [5, 5.41) is 11.8. The Bertz CT molecular complexity index is 1170. The van der Waals surface area contributed by atoms with Crippen LogP contribution in [0.25, 0.3) is 0 Å². The zero-order valence-corrected chi connectivity index (χ0v) is 17.8. The molecule has 2 aromatic carbocycles. The van der Waals surface area contributed by atoms with Crippen LogP contribution < -0.4 is 5.32 Å². The molecule has 0 unspecified atom stereocenters. The maximum Gasteiger partial charge on any atom is 0.286 e. The first-order valence-corrected chi connectivity index (χ1v) is 11.7. The molecular formula is C19H16ClFN4O3S2. The molecule has 0 bridgehead atoms. The van der Waals surface area contributed by atoms with Gasteiger partial charge in [0.15, 0.2) is 0 Å². The average molecular weight is 467 g/mol. The molecule has 156 valence electrons. The Hall–Kier alpha value is -2.40. The van der Waals surface area contributed by atoms with Crippen molar-refractivity contribution < 1.29 is 17.6 Å². The normalized spacial score (nSPS) is 17.2. The highest BCUT2D eigenvalue weighted by Crippen LogP contribution is 2.37. The molecule has 1 atom stereocenters. The van der Waals surface area contributed by atoms with Crippen molar-refractivity contribution in [2.45, 2.75) is 23.8 Å². The van der Waals surface area contributed by atoms with Gasteiger partial charge in [-0.3, -0.25) is 4.79 Å². The second-order valence-corrected chi connectivity index (χ2v) is 9.97. The second kappa shape index (κ2) is 8.38. The number of halogens is 2. The van der Waals surface area contributed by atoms with Crippen molar-refractivity contribution in [3.63, 3.8) is 0 Å². The Kier molecular flexibility index (Phi) is 5.83. The first-order valence-electron chi connectivity index (χ1n) is 9.02. The summed E-state index contributed by atoms with van der Waals surface area (Å²) in [6, 6.07) is 10.8. The van der Waals surface area contributed by atoms with Gasteiger partial charge in [0.05, 0.1) is 10.9 Å². The standard InChI is InChI=1S/C19H16ClFN4O3S2/c20-12-3-7-14(8-4-12)22-17(26)19-24-23-18(29-19)16-2-1-11-25(16)30(27,28)15-9-5-13(21)6-10-15/h3-10,16H,1-2,11H2,(H,22,26)/t16-/m1/s1. The molecule has 3 aromatic rings. The minimum Gasteiger partial charge on any atom is -0.320 e. The maximum absolute atomic E-state index is 13.2. The van der Waals surface area contributed by atoms with Crippen LogP contribution >= 0.6 is 22.9 Å². The molecule has 0 saturated carbocycles. The fourth-order valence-electron chi connectivity index (χ4n) is 3.20. The molecule has 1 aliphatic heterocycles. The molecule has 0 aliphatic carbocycles. The Labute approximate surface area is 181 Å². The third-order valence-electron chi connectivity index (χ3n) is 4.65. The lowest BCUT2D eigenvalue weighted by molar-refractivity contribution is 0.102. The Balaban J connectivity index is 1.54. The van der Waals surface area contributed by atoms with E-state index in [-0.39, 0.29) is 9.90 Å². The van der Waals surface area contributed by atoms with Crippen molar-refractivity contribution in [3.05, 3.63) is 69.4 Å². The molecule has 2 heterocycles. The number of amides is 1. The number of sulfonamides is 1. The highest BCUT2D eigenvalue weighted by molar-refractivity contribution is 7.89. The average Bonchev–Trinajstić information content (AvgIpc) is 3.40. The number of carbonyl (C=O) groups excluding carboxylic acids is 1. The first kappa shape index (κ1) is 20.9. The molecule has 7 nitrogen and oxygen atoms in total. The van der Waals surface area contributed by atoms with E-state index in [1.165, 1.54) is 16.4 Å². The molecule has 11 heteroatoms. The van der Waals surface area contributed by atoms with Gasteiger partial charge in [0, 0.05) is 17.3 Å². The van der Waals surface area contributed by atoms with E-state index in [2.05, 4.69) is 15.5 Å². The molecule has 1 aromatic heterocycles. The van der Waals surface area contributed by atoms with Gasteiger partial charge in [-0.1, -0.05) is 22.9 Å². The summed E-state index contributed by atoms with van der Waals surface area (Å²) in [7, 11) is -3.82.